The van der Waals surface area contributed by atoms with Gasteiger partial charge in [0.05, 0.1) is 10.5 Å². The molecule has 0 heterocycles. The van der Waals surface area contributed by atoms with Crippen molar-refractivity contribution in [3.8, 4) is 0 Å². The molecule has 1 aromatic rings. The lowest BCUT2D eigenvalue weighted by molar-refractivity contribution is 0.0333. The number of nitrogens with two attached hydrogens (primary N) is 1. The van der Waals surface area contributed by atoms with E-state index in [0.717, 1.165) is 23.2 Å². The Morgan fingerprint density at radius 3 is 2.48 bits per heavy atom. The molecule has 1 aromatic carbocycles. The molecule has 0 aromatic heterocycles. The fraction of sp³-hybridized carbons (Fsp3) is 0.571. The molecule has 21 heavy (non-hydrogen) atoms. The van der Waals surface area contributed by atoms with E-state index in [1.807, 2.05) is 0 Å². The zero-order chi connectivity index (χ0) is 15.8. The van der Waals surface area contributed by atoms with Crippen LogP contribution in [0, 0.1) is 12.7 Å². The molecule has 0 radical (unpaired) electrons. The summed E-state index contributed by atoms with van der Waals surface area (Å²) in [4.78, 5) is -0.188. The highest BCUT2D eigenvalue weighted by Crippen LogP contribution is 2.31. The van der Waals surface area contributed by atoms with Crippen LogP contribution in [0.5, 0.6) is 0 Å². The first-order valence-corrected chi connectivity index (χ1v) is 8.34. The van der Waals surface area contributed by atoms with Gasteiger partial charge in [-0.3, -0.25) is 0 Å². The molecule has 0 aliphatic heterocycles. The summed E-state index contributed by atoms with van der Waals surface area (Å²) in [6.07, 6.45) is 2.93. The molecular formula is C14H21FN2O3S. The number of aliphatic hydroxyl groups is 1. The van der Waals surface area contributed by atoms with Gasteiger partial charge in [0.25, 0.3) is 0 Å². The summed E-state index contributed by atoms with van der Waals surface area (Å²) in [6, 6.07) is 2.22. The van der Waals surface area contributed by atoms with Gasteiger partial charge < -0.3 is 10.8 Å². The second kappa shape index (κ2) is 5.55. The maximum atomic E-state index is 13.7. The summed E-state index contributed by atoms with van der Waals surface area (Å²) in [7, 11) is -2.48. The van der Waals surface area contributed by atoms with Crippen molar-refractivity contribution in [1.29, 1.82) is 0 Å². The van der Waals surface area contributed by atoms with Crippen molar-refractivity contribution >= 4 is 15.7 Å². The lowest BCUT2D eigenvalue weighted by atomic mass is 10.0. The summed E-state index contributed by atoms with van der Waals surface area (Å²) in [6.45, 7) is 1.50. The Morgan fingerprint density at radius 1 is 1.38 bits per heavy atom. The fourth-order valence-electron chi connectivity index (χ4n) is 2.69. The molecule has 0 amide bonds. The Labute approximate surface area is 124 Å². The zero-order valence-electron chi connectivity index (χ0n) is 12.3. The molecule has 0 bridgehead atoms. The van der Waals surface area contributed by atoms with Gasteiger partial charge in [-0.05, 0) is 31.9 Å². The third-order valence-corrected chi connectivity index (χ3v) is 5.90. The molecule has 1 aliphatic rings. The lowest BCUT2D eigenvalue weighted by Crippen LogP contribution is -2.42. The highest BCUT2D eigenvalue weighted by atomic mass is 32.2. The van der Waals surface area contributed by atoms with Crippen molar-refractivity contribution in [3.63, 3.8) is 0 Å². The maximum Gasteiger partial charge on any atom is 0.243 e. The molecule has 1 aliphatic carbocycles. The first kappa shape index (κ1) is 16.2. The summed E-state index contributed by atoms with van der Waals surface area (Å²) >= 11 is 0. The molecule has 3 N–H and O–H groups in total. The Kier molecular flexibility index (Phi) is 4.28. The Balaban J connectivity index is 2.29. The number of benzene rings is 1. The average molecular weight is 316 g/mol. The predicted molar refractivity (Wildman–Crippen MR) is 78.8 cm³/mol. The van der Waals surface area contributed by atoms with Crippen molar-refractivity contribution in [2.45, 2.75) is 43.1 Å². The van der Waals surface area contributed by atoms with E-state index >= 15 is 0 Å². The average Bonchev–Trinajstić information content (AvgIpc) is 2.81. The van der Waals surface area contributed by atoms with Gasteiger partial charge in [0.2, 0.25) is 10.0 Å². The first-order chi connectivity index (χ1) is 9.66. The smallest absolute Gasteiger partial charge is 0.243 e. The highest BCUT2D eigenvalue weighted by molar-refractivity contribution is 7.89. The second-order valence-corrected chi connectivity index (χ2v) is 7.86. The van der Waals surface area contributed by atoms with Crippen molar-refractivity contribution in [3.05, 3.63) is 23.5 Å². The van der Waals surface area contributed by atoms with E-state index in [2.05, 4.69) is 0 Å². The standard InChI is InChI=1S/C14H21FN2O3S/c1-10-12(15)7-11(8-13(10)16)21(19,20)17(2)9-14(18)5-3-4-6-14/h7-8,18H,3-6,9,16H2,1-2H3. The van der Waals surface area contributed by atoms with Crippen LogP contribution < -0.4 is 5.73 Å². The van der Waals surface area contributed by atoms with Crippen LogP contribution in [0.3, 0.4) is 0 Å². The Morgan fingerprint density at radius 2 is 1.95 bits per heavy atom. The molecule has 5 nitrogen and oxygen atoms in total. The number of sulfonamides is 1. The van der Waals surface area contributed by atoms with Gasteiger partial charge in [0, 0.05) is 24.8 Å². The van der Waals surface area contributed by atoms with E-state index in [0.29, 0.717) is 12.8 Å². The molecule has 0 saturated heterocycles. The fourth-order valence-corrected chi connectivity index (χ4v) is 3.99. The minimum Gasteiger partial charge on any atom is -0.398 e. The number of rotatable bonds is 4. The first-order valence-electron chi connectivity index (χ1n) is 6.90. The van der Waals surface area contributed by atoms with Crippen molar-refractivity contribution in [2.24, 2.45) is 0 Å². The van der Waals surface area contributed by atoms with Crippen LogP contribution in [-0.2, 0) is 10.0 Å². The summed E-state index contributed by atoms with van der Waals surface area (Å²) in [5.74, 6) is -0.651. The number of anilines is 1. The molecule has 1 saturated carbocycles. The van der Waals surface area contributed by atoms with Gasteiger partial charge in [0.1, 0.15) is 5.82 Å². The van der Waals surface area contributed by atoms with Crippen molar-refractivity contribution in [2.75, 3.05) is 19.3 Å². The van der Waals surface area contributed by atoms with Crippen LogP contribution in [0.1, 0.15) is 31.2 Å². The number of hydrogen-bond donors (Lipinski definition) is 2. The molecule has 7 heteroatoms. The molecule has 0 unspecified atom stereocenters. The van der Waals surface area contributed by atoms with Gasteiger partial charge >= 0.3 is 0 Å². The SMILES string of the molecule is Cc1c(N)cc(S(=O)(=O)N(C)CC2(O)CCCC2)cc1F. The van der Waals surface area contributed by atoms with E-state index in [9.17, 15) is 17.9 Å². The van der Waals surface area contributed by atoms with Gasteiger partial charge in [-0.25, -0.2) is 12.8 Å². The van der Waals surface area contributed by atoms with Gasteiger partial charge in [-0.15, -0.1) is 0 Å². The molecule has 1 fully saturated rings. The number of halogens is 1. The second-order valence-electron chi connectivity index (χ2n) is 5.81. The number of hydrogen-bond acceptors (Lipinski definition) is 4. The van der Waals surface area contributed by atoms with Crippen LogP contribution in [-0.4, -0.2) is 37.0 Å². The third kappa shape index (κ3) is 3.20. The van der Waals surface area contributed by atoms with Gasteiger partial charge in [-0.2, -0.15) is 4.31 Å². The number of nitrogens with zero attached hydrogens (tertiary/aromatic N) is 1. The highest BCUT2D eigenvalue weighted by Gasteiger charge is 2.36. The Hall–Kier alpha value is -1.18. The number of likely N-dealkylation sites (N-methyl/N-ethyl adjacent to an activating group) is 1. The summed E-state index contributed by atoms with van der Waals surface area (Å²) in [5.41, 5.74) is 4.97. The van der Waals surface area contributed by atoms with E-state index in [1.54, 1.807) is 0 Å². The normalized spacial score (nSPS) is 18.3. The molecule has 118 valence electrons. The Bertz CT molecular complexity index is 617. The quantitative estimate of drug-likeness (QED) is 0.827. The largest absolute Gasteiger partial charge is 0.398 e. The van der Waals surface area contributed by atoms with E-state index in [4.69, 9.17) is 5.73 Å². The molecule has 2 rings (SSSR count). The van der Waals surface area contributed by atoms with E-state index < -0.39 is 21.4 Å². The monoisotopic (exact) mass is 316 g/mol. The van der Waals surface area contributed by atoms with Crippen molar-refractivity contribution < 1.29 is 17.9 Å². The zero-order valence-corrected chi connectivity index (χ0v) is 13.1. The van der Waals surface area contributed by atoms with Crippen LogP contribution in [0.4, 0.5) is 10.1 Å². The molecular weight excluding hydrogens is 295 g/mol. The third-order valence-electron chi connectivity index (χ3n) is 4.12. The van der Waals surface area contributed by atoms with Crippen molar-refractivity contribution in [1.82, 2.24) is 4.31 Å². The van der Waals surface area contributed by atoms with Crippen LogP contribution in [0.2, 0.25) is 0 Å². The van der Waals surface area contributed by atoms with Crippen LogP contribution in [0.25, 0.3) is 0 Å². The molecule has 0 spiro atoms. The minimum atomic E-state index is -3.87. The minimum absolute atomic E-state index is 0.00470. The van der Waals surface area contributed by atoms with Gasteiger partial charge in [-0.1, -0.05) is 12.8 Å². The van der Waals surface area contributed by atoms with Crippen LogP contribution >= 0.6 is 0 Å². The predicted octanol–water partition coefficient (Wildman–Crippen LogP) is 1.64. The van der Waals surface area contributed by atoms with Gasteiger partial charge in [0.15, 0.2) is 0 Å². The maximum absolute atomic E-state index is 13.7. The van der Waals surface area contributed by atoms with E-state index in [1.165, 1.54) is 20.0 Å². The number of nitrogen functional groups attached to an aromatic ring is 1. The van der Waals surface area contributed by atoms with Crippen LogP contribution in [0.15, 0.2) is 17.0 Å². The lowest BCUT2D eigenvalue weighted by Gasteiger charge is -2.28. The summed E-state index contributed by atoms with van der Waals surface area (Å²) < 4.78 is 39.7. The molecule has 0 atom stereocenters. The summed E-state index contributed by atoms with van der Waals surface area (Å²) in [5, 5.41) is 10.3. The topological polar surface area (TPSA) is 83.6 Å². The van der Waals surface area contributed by atoms with E-state index in [-0.39, 0.29) is 22.7 Å².